The number of sulfone groups is 4. The highest BCUT2D eigenvalue weighted by Gasteiger charge is 2.36. The van der Waals surface area contributed by atoms with Gasteiger partial charge in [0.05, 0.1) is 63.8 Å². The molecular weight excluding hydrogens is 1230 g/mol. The highest BCUT2D eigenvalue weighted by atomic mass is 32.2. The first-order chi connectivity index (χ1) is 43.9. The number of hydrogen-bond donors (Lipinski definition) is 4. The summed E-state index contributed by atoms with van der Waals surface area (Å²) >= 11 is 0. The van der Waals surface area contributed by atoms with E-state index in [-0.39, 0.29) is 83.4 Å². The van der Waals surface area contributed by atoms with Gasteiger partial charge >= 0.3 is 0 Å². The number of aromatic amines is 4. The summed E-state index contributed by atoms with van der Waals surface area (Å²) in [4.78, 5) is 19.5. The van der Waals surface area contributed by atoms with Crippen molar-refractivity contribution in [1.29, 1.82) is 0 Å². The minimum atomic E-state index is -4.74. The Bertz CT molecular complexity index is 4820. The maximum Gasteiger partial charge on any atom is 0.211 e. The molecule has 0 amide bonds. The van der Waals surface area contributed by atoms with E-state index in [1.165, 1.54) is 48.5 Å². The standard InChI is InChI=1S/C72H68N8O8S4/c1-45-9-21-65(53(41-45)49-25-33-77(5)34-26-49)89(81,82)69-57-13-15-59(73-57)70(90(83,84)66-22-10-46(2)42-54(66)50-27-35-78(6)36-28-50)61-17-19-63(75-61)72(92(87,88)68-24-12-48(4)44-56(68)52-31-39-80(8)40-32-52)64-20-18-62(76-64)71(60-16-14-58(69)74-60)91(85,86)67-23-11-47(3)43-55(67)51-29-37-79(7)38-30-51/h9-33,35,37,39,41-44,73-76H,34,36,38,40H2,1-8H3. The topological polar surface area (TPSA) is 213 Å². The number of aromatic nitrogens is 4. The molecule has 0 unspecified atom stereocenters. The van der Waals surface area contributed by atoms with Crippen LogP contribution in [0.5, 0.6) is 0 Å². The molecule has 0 aliphatic carbocycles. The van der Waals surface area contributed by atoms with Gasteiger partial charge in [-0.3, -0.25) is 0 Å². The summed E-state index contributed by atoms with van der Waals surface area (Å²) in [5.41, 5.74) is 7.33. The molecule has 13 rings (SSSR count). The van der Waals surface area contributed by atoms with Crippen LogP contribution in [-0.2, 0) is 39.3 Å². The van der Waals surface area contributed by atoms with Gasteiger partial charge in [-0.05, 0) is 172 Å². The van der Waals surface area contributed by atoms with Gasteiger partial charge in [-0.2, -0.15) is 0 Å². The molecule has 4 N–H and O–H groups in total. The van der Waals surface area contributed by atoms with Crippen molar-refractivity contribution < 1.29 is 33.7 Å². The average Bonchev–Trinajstić information content (AvgIpc) is 1.45. The number of aryl methyl sites for hydroxylation is 4. The molecule has 0 spiro atoms. The summed E-state index contributed by atoms with van der Waals surface area (Å²) in [6.07, 6.45) is 22.6. The van der Waals surface area contributed by atoms with Crippen LogP contribution in [0.1, 0.15) is 67.3 Å². The molecule has 9 heterocycles. The molecule has 20 heteroatoms. The van der Waals surface area contributed by atoms with E-state index in [0.717, 1.165) is 22.3 Å². The summed E-state index contributed by atoms with van der Waals surface area (Å²) in [6, 6.07) is 32.3. The maximum absolute atomic E-state index is 16.3. The molecular formula is C72H68N8O8S4. The highest BCUT2D eigenvalue weighted by Crippen LogP contribution is 2.40. The summed E-state index contributed by atoms with van der Waals surface area (Å²) in [5.74, 6) is 0. The first-order valence-corrected chi connectivity index (χ1v) is 35.9. The number of H-pyrrole nitrogens is 4. The van der Waals surface area contributed by atoms with Gasteiger partial charge in [0, 0.05) is 76.6 Å². The van der Waals surface area contributed by atoms with Crippen molar-refractivity contribution in [1.82, 2.24) is 39.5 Å². The SMILES string of the molecule is Cc1ccc(S(=O)(=O)C2=c3ccc([nH]3)=C(S(=O)(=O)c3ccc(C)cc3C3=CCN(C)C=C3)c3ccc([nH]3)C(S(=O)(=O)c3ccc(C)cc3C3=CCN(C)C=C3)=c3ccc([nH]3)=C(S(=O)(=O)c3ccc(C)cc3C3=CCN(C)C=C3)c3ccc2[nH]3)c(C2=CCN(C)C=C2)c1. The Hall–Kier alpha value is -9.60. The van der Waals surface area contributed by atoms with Gasteiger partial charge in [-0.15, -0.1) is 0 Å². The average molecular weight is 1300 g/mol. The Morgan fingerprint density at radius 1 is 0.293 bits per heavy atom. The molecule has 0 saturated carbocycles. The van der Waals surface area contributed by atoms with Crippen LogP contribution in [0, 0.1) is 27.7 Å². The van der Waals surface area contributed by atoms with Crippen LogP contribution in [0.15, 0.2) is 214 Å². The molecule has 0 atom stereocenters. The van der Waals surface area contributed by atoms with Crippen LogP contribution < -0.4 is 21.4 Å². The third-order valence-corrected chi connectivity index (χ3v) is 24.8. The Balaban J connectivity index is 1.16. The second kappa shape index (κ2) is 23.3. The number of allylic oxidation sites excluding steroid dienone is 8. The van der Waals surface area contributed by atoms with Crippen molar-refractivity contribution >= 4 is 81.3 Å². The van der Waals surface area contributed by atoms with E-state index < -0.39 is 39.3 Å². The third kappa shape index (κ3) is 11.0. The summed E-state index contributed by atoms with van der Waals surface area (Å²) in [7, 11) is -11.3. The van der Waals surface area contributed by atoms with Gasteiger partial charge in [-0.1, -0.05) is 95.1 Å². The Kier molecular flexibility index (Phi) is 15.5. The predicted octanol–water partition coefficient (Wildman–Crippen LogP) is 8.44. The van der Waals surface area contributed by atoms with Crippen LogP contribution in [0.3, 0.4) is 0 Å². The van der Waals surface area contributed by atoms with E-state index in [0.29, 0.717) is 70.7 Å². The van der Waals surface area contributed by atoms with E-state index >= 15 is 33.7 Å². The van der Waals surface area contributed by atoms with Crippen LogP contribution in [0.2, 0.25) is 0 Å². The van der Waals surface area contributed by atoms with Gasteiger partial charge in [-0.25, -0.2) is 33.7 Å². The molecule has 16 nitrogen and oxygen atoms in total. The lowest BCUT2D eigenvalue weighted by molar-refractivity contribution is 0.506. The van der Waals surface area contributed by atoms with Crippen molar-refractivity contribution in [3.05, 3.63) is 283 Å². The normalized spacial score (nSPS) is 16.3. The Morgan fingerprint density at radius 2 is 0.511 bits per heavy atom. The minimum absolute atomic E-state index is 0.0446. The van der Waals surface area contributed by atoms with E-state index in [1.54, 1.807) is 48.5 Å². The quantitative estimate of drug-likeness (QED) is 0.0908. The molecule has 8 bridgehead atoms. The first-order valence-electron chi connectivity index (χ1n) is 29.9. The smallest absolute Gasteiger partial charge is 0.211 e. The zero-order valence-electron chi connectivity index (χ0n) is 52.0. The van der Waals surface area contributed by atoms with Gasteiger partial charge in [0.2, 0.25) is 39.3 Å². The van der Waals surface area contributed by atoms with Crippen molar-refractivity contribution in [3.63, 3.8) is 0 Å². The molecule has 92 heavy (non-hydrogen) atoms. The monoisotopic (exact) mass is 1300 g/mol. The van der Waals surface area contributed by atoms with Gasteiger partial charge in [0.25, 0.3) is 0 Å². The zero-order valence-corrected chi connectivity index (χ0v) is 55.3. The van der Waals surface area contributed by atoms with Gasteiger partial charge in [0.1, 0.15) is 19.6 Å². The van der Waals surface area contributed by atoms with Crippen molar-refractivity contribution in [2.75, 3.05) is 54.4 Å². The lowest BCUT2D eigenvalue weighted by atomic mass is 10.0. The fraction of sp³-hybridized carbons (Fsp3) is 0.167. The predicted molar refractivity (Wildman–Crippen MR) is 364 cm³/mol. The number of nitrogens with zero attached hydrogens (tertiary/aromatic N) is 4. The third-order valence-electron chi connectivity index (χ3n) is 17.1. The number of nitrogens with one attached hydrogen (secondary N) is 4. The van der Waals surface area contributed by atoms with E-state index in [1.807, 2.05) is 173 Å². The van der Waals surface area contributed by atoms with Crippen molar-refractivity contribution in [2.45, 2.75) is 47.3 Å². The van der Waals surface area contributed by atoms with Crippen LogP contribution in [0.25, 0.3) is 41.9 Å². The summed E-state index contributed by atoms with van der Waals surface area (Å²) < 4.78 is 131. The van der Waals surface area contributed by atoms with Crippen molar-refractivity contribution in [2.24, 2.45) is 0 Å². The van der Waals surface area contributed by atoms with Crippen LogP contribution in [-0.4, -0.2) is 128 Å². The lowest BCUT2D eigenvalue weighted by Gasteiger charge is -2.20. The Labute approximate surface area is 536 Å². The second-order valence-electron chi connectivity index (χ2n) is 24.1. The molecule has 8 aromatic rings. The fourth-order valence-electron chi connectivity index (χ4n) is 12.3. The largest absolute Gasteiger partial charge is 0.377 e. The molecule has 4 aromatic carbocycles. The van der Waals surface area contributed by atoms with Crippen molar-refractivity contribution in [3.8, 4) is 0 Å². The Morgan fingerprint density at radius 3 is 0.707 bits per heavy atom. The number of rotatable bonds is 12. The minimum Gasteiger partial charge on any atom is -0.377 e. The maximum atomic E-state index is 16.3. The first kappa shape index (κ1) is 61.3. The number of likely N-dealkylation sites (N-methyl/N-ethyl adjacent to an activating group) is 4. The molecule has 5 aliphatic rings. The van der Waals surface area contributed by atoms with E-state index in [2.05, 4.69) is 19.9 Å². The molecule has 0 radical (unpaired) electrons. The molecule has 5 aliphatic heterocycles. The van der Waals surface area contributed by atoms with Crippen LogP contribution >= 0.6 is 0 Å². The van der Waals surface area contributed by atoms with E-state index in [9.17, 15) is 0 Å². The molecule has 0 saturated heterocycles. The zero-order chi connectivity index (χ0) is 64.8. The van der Waals surface area contributed by atoms with Gasteiger partial charge in [0.15, 0.2) is 0 Å². The summed E-state index contributed by atoms with van der Waals surface area (Å²) in [5, 5.41) is -0.178. The molecule has 468 valence electrons. The lowest BCUT2D eigenvalue weighted by Crippen LogP contribution is -2.25. The molecule has 0 fully saturated rings. The van der Waals surface area contributed by atoms with E-state index in [4.69, 9.17) is 0 Å². The highest BCUT2D eigenvalue weighted by molar-refractivity contribution is 8.01. The number of benzene rings is 4. The number of fused-ring (bicyclic) bond motifs is 8. The number of hydrogen-bond acceptors (Lipinski definition) is 12. The second-order valence-corrected chi connectivity index (χ2v) is 31.6. The van der Waals surface area contributed by atoms with Crippen LogP contribution in [0.4, 0.5) is 0 Å². The molecule has 4 aromatic heterocycles. The fourth-order valence-corrected chi connectivity index (χ4v) is 19.3. The van der Waals surface area contributed by atoms with Gasteiger partial charge < -0.3 is 39.5 Å². The summed E-state index contributed by atoms with van der Waals surface area (Å²) in [6.45, 7) is 9.52.